The highest BCUT2D eigenvalue weighted by atomic mass is 79.9. The van der Waals surface area contributed by atoms with Crippen LogP contribution in [0, 0.1) is 5.82 Å². The molecule has 0 amide bonds. The maximum absolute atomic E-state index is 13.7. The van der Waals surface area contributed by atoms with Gasteiger partial charge in [0.25, 0.3) is 0 Å². The van der Waals surface area contributed by atoms with Gasteiger partial charge in [-0.1, -0.05) is 0 Å². The van der Waals surface area contributed by atoms with Gasteiger partial charge in [-0.05, 0) is 28.1 Å². The second-order valence-electron chi connectivity index (χ2n) is 4.19. The molecule has 21 heavy (non-hydrogen) atoms. The molecule has 0 radical (unpaired) electrons. The zero-order valence-corrected chi connectivity index (χ0v) is 13.3. The summed E-state index contributed by atoms with van der Waals surface area (Å²) in [4.78, 5) is 0. The second-order valence-corrected chi connectivity index (χ2v) is 5.05. The first-order valence-electron chi connectivity index (χ1n) is 6.00. The molecule has 0 bridgehead atoms. The van der Waals surface area contributed by atoms with Crippen LogP contribution in [0.5, 0.6) is 23.0 Å². The van der Waals surface area contributed by atoms with Crippen molar-refractivity contribution < 1.29 is 23.7 Å². The van der Waals surface area contributed by atoms with Crippen LogP contribution in [-0.4, -0.2) is 26.4 Å². The lowest BCUT2D eigenvalue weighted by Gasteiger charge is -2.15. The quantitative estimate of drug-likeness (QED) is 0.899. The summed E-state index contributed by atoms with van der Waals surface area (Å²) in [6, 6.07) is 5.68. The number of methoxy groups -OCH3 is 3. The van der Waals surface area contributed by atoms with E-state index in [4.69, 9.17) is 14.2 Å². The molecule has 1 N–H and O–H groups in total. The third kappa shape index (κ3) is 2.90. The summed E-state index contributed by atoms with van der Waals surface area (Å²) in [6.07, 6.45) is 0. The minimum Gasteiger partial charge on any atom is -0.504 e. The maximum atomic E-state index is 13.7. The Morgan fingerprint density at radius 3 is 2.19 bits per heavy atom. The highest BCUT2D eigenvalue weighted by molar-refractivity contribution is 9.10. The van der Waals surface area contributed by atoms with Crippen molar-refractivity contribution >= 4 is 15.9 Å². The van der Waals surface area contributed by atoms with E-state index in [1.165, 1.54) is 27.4 Å². The van der Waals surface area contributed by atoms with Crippen LogP contribution in [0.2, 0.25) is 0 Å². The molecule has 2 aromatic rings. The van der Waals surface area contributed by atoms with E-state index in [-0.39, 0.29) is 17.1 Å². The minimum atomic E-state index is -0.524. The summed E-state index contributed by atoms with van der Waals surface area (Å²) in [6.45, 7) is 0. The smallest absolute Gasteiger partial charge is 0.166 e. The van der Waals surface area contributed by atoms with Crippen molar-refractivity contribution in [2.24, 2.45) is 0 Å². The number of hydrogen-bond acceptors (Lipinski definition) is 4. The number of ether oxygens (including phenoxy) is 3. The fraction of sp³-hybridized carbons (Fsp3) is 0.200. The van der Waals surface area contributed by atoms with Gasteiger partial charge < -0.3 is 19.3 Å². The number of phenolic OH excluding ortho intramolecular Hbond substituents is 1. The highest BCUT2D eigenvalue weighted by Gasteiger charge is 2.19. The molecule has 0 aromatic heterocycles. The Kier molecular flexibility index (Phi) is 4.57. The van der Waals surface area contributed by atoms with Crippen molar-refractivity contribution in [2.45, 2.75) is 0 Å². The SMILES string of the molecule is COc1cc(Br)c(-c2cc(F)cc(OC)c2O)c(OC)c1. The summed E-state index contributed by atoms with van der Waals surface area (Å²) in [5, 5.41) is 10.2. The number of halogens is 2. The van der Waals surface area contributed by atoms with Gasteiger partial charge in [-0.2, -0.15) is 0 Å². The first-order chi connectivity index (χ1) is 10.0. The molecule has 0 aliphatic heterocycles. The number of hydrogen-bond donors (Lipinski definition) is 1. The lowest BCUT2D eigenvalue weighted by molar-refractivity contribution is 0.370. The van der Waals surface area contributed by atoms with Crippen LogP contribution in [0.1, 0.15) is 0 Å². The standard InChI is InChI=1S/C15H14BrFO4/c1-19-9-6-11(16)14(12(7-9)20-2)10-4-8(17)5-13(21-3)15(10)18/h4-7,18H,1-3H3. The van der Waals surface area contributed by atoms with Crippen molar-refractivity contribution in [3.8, 4) is 34.1 Å². The molecule has 4 nitrogen and oxygen atoms in total. The van der Waals surface area contributed by atoms with Crippen LogP contribution in [-0.2, 0) is 0 Å². The van der Waals surface area contributed by atoms with Gasteiger partial charge in [-0.25, -0.2) is 4.39 Å². The fourth-order valence-electron chi connectivity index (χ4n) is 2.02. The van der Waals surface area contributed by atoms with Crippen LogP contribution in [0.4, 0.5) is 4.39 Å². The van der Waals surface area contributed by atoms with Crippen molar-refractivity contribution in [3.05, 3.63) is 34.6 Å². The molecule has 0 fully saturated rings. The predicted octanol–water partition coefficient (Wildman–Crippen LogP) is 3.99. The third-order valence-corrected chi connectivity index (χ3v) is 3.64. The Hall–Kier alpha value is -1.95. The number of rotatable bonds is 4. The van der Waals surface area contributed by atoms with Crippen LogP contribution in [0.15, 0.2) is 28.7 Å². The zero-order chi connectivity index (χ0) is 15.6. The topological polar surface area (TPSA) is 47.9 Å². The monoisotopic (exact) mass is 356 g/mol. The van der Waals surface area contributed by atoms with Gasteiger partial charge in [0.1, 0.15) is 17.3 Å². The van der Waals surface area contributed by atoms with E-state index >= 15 is 0 Å². The van der Waals surface area contributed by atoms with Gasteiger partial charge in [0.2, 0.25) is 0 Å². The van der Waals surface area contributed by atoms with Gasteiger partial charge in [-0.15, -0.1) is 0 Å². The average molecular weight is 357 g/mol. The molecule has 6 heteroatoms. The minimum absolute atomic E-state index is 0.0507. The zero-order valence-electron chi connectivity index (χ0n) is 11.7. The van der Waals surface area contributed by atoms with E-state index in [0.29, 0.717) is 21.5 Å². The molecule has 0 saturated heterocycles. The van der Waals surface area contributed by atoms with Crippen LogP contribution < -0.4 is 14.2 Å². The summed E-state index contributed by atoms with van der Waals surface area (Å²) < 4.78 is 29.8. The summed E-state index contributed by atoms with van der Waals surface area (Å²) in [5.74, 6) is 0.372. The fourth-order valence-corrected chi connectivity index (χ4v) is 2.65. The van der Waals surface area contributed by atoms with Gasteiger partial charge in [0.15, 0.2) is 11.5 Å². The van der Waals surface area contributed by atoms with Crippen LogP contribution in [0.25, 0.3) is 11.1 Å². The van der Waals surface area contributed by atoms with E-state index < -0.39 is 5.82 Å². The molecule has 0 spiro atoms. The summed E-state index contributed by atoms with van der Waals surface area (Å²) >= 11 is 3.39. The molecule has 0 aliphatic carbocycles. The number of benzene rings is 2. The van der Waals surface area contributed by atoms with Gasteiger partial charge in [0, 0.05) is 27.7 Å². The third-order valence-electron chi connectivity index (χ3n) is 3.01. The Labute approximate surface area is 130 Å². The first kappa shape index (κ1) is 15.4. The molecule has 0 saturated carbocycles. The Bertz CT molecular complexity index is 673. The van der Waals surface area contributed by atoms with E-state index in [0.717, 1.165) is 6.07 Å². The van der Waals surface area contributed by atoms with E-state index in [1.54, 1.807) is 12.1 Å². The molecule has 2 rings (SSSR count). The van der Waals surface area contributed by atoms with Crippen molar-refractivity contribution in [1.29, 1.82) is 0 Å². The highest BCUT2D eigenvalue weighted by Crippen LogP contribution is 2.46. The molecule has 0 aliphatic rings. The molecule has 0 heterocycles. The molecular weight excluding hydrogens is 343 g/mol. The van der Waals surface area contributed by atoms with E-state index in [2.05, 4.69) is 15.9 Å². The molecular formula is C15H14BrFO4. The molecule has 0 atom stereocenters. The van der Waals surface area contributed by atoms with Crippen LogP contribution >= 0.6 is 15.9 Å². The van der Waals surface area contributed by atoms with Gasteiger partial charge >= 0.3 is 0 Å². The van der Waals surface area contributed by atoms with Crippen LogP contribution in [0.3, 0.4) is 0 Å². The average Bonchev–Trinajstić information content (AvgIpc) is 2.48. The molecule has 0 unspecified atom stereocenters. The Morgan fingerprint density at radius 2 is 1.62 bits per heavy atom. The van der Waals surface area contributed by atoms with E-state index in [1.807, 2.05) is 0 Å². The first-order valence-corrected chi connectivity index (χ1v) is 6.79. The van der Waals surface area contributed by atoms with Crippen molar-refractivity contribution in [1.82, 2.24) is 0 Å². The number of phenols is 1. The van der Waals surface area contributed by atoms with Crippen molar-refractivity contribution in [2.75, 3.05) is 21.3 Å². The summed E-state index contributed by atoms with van der Waals surface area (Å²) in [5.41, 5.74) is 0.770. The Balaban J connectivity index is 2.75. The van der Waals surface area contributed by atoms with E-state index in [9.17, 15) is 9.50 Å². The predicted molar refractivity (Wildman–Crippen MR) is 80.9 cm³/mol. The Morgan fingerprint density at radius 1 is 0.952 bits per heavy atom. The lowest BCUT2D eigenvalue weighted by Crippen LogP contribution is -1.94. The number of aromatic hydroxyl groups is 1. The van der Waals surface area contributed by atoms with Crippen molar-refractivity contribution in [3.63, 3.8) is 0 Å². The van der Waals surface area contributed by atoms with Gasteiger partial charge in [-0.3, -0.25) is 0 Å². The normalized spacial score (nSPS) is 10.3. The summed E-state index contributed by atoms with van der Waals surface area (Å²) in [7, 11) is 4.38. The molecule has 2 aromatic carbocycles. The van der Waals surface area contributed by atoms with Gasteiger partial charge in [0.05, 0.1) is 21.3 Å². The largest absolute Gasteiger partial charge is 0.504 e. The maximum Gasteiger partial charge on any atom is 0.166 e. The lowest BCUT2D eigenvalue weighted by atomic mass is 10.0. The second kappa shape index (κ2) is 6.22. The molecule has 112 valence electrons.